The molecular formula is C17H20N2O2. The lowest BCUT2D eigenvalue weighted by molar-refractivity contribution is -0.132. The topological polar surface area (TPSA) is 63.4 Å². The number of piperidine rings is 1. The number of hydrogen-bond acceptors (Lipinski definition) is 3. The number of carbonyl (C=O) groups is 2. The minimum absolute atomic E-state index is 0.169. The van der Waals surface area contributed by atoms with Crippen LogP contribution >= 0.6 is 0 Å². The fourth-order valence-corrected chi connectivity index (χ4v) is 2.53. The Balaban J connectivity index is 2.48. The van der Waals surface area contributed by atoms with Crippen LogP contribution in [0.2, 0.25) is 0 Å². The fraction of sp³-hybridized carbons (Fsp3) is 0.412. The normalized spacial score (nSPS) is 17.4. The van der Waals surface area contributed by atoms with Gasteiger partial charge in [0, 0.05) is 18.4 Å². The highest BCUT2D eigenvalue weighted by atomic mass is 16.2. The molecule has 1 aliphatic heterocycles. The predicted molar refractivity (Wildman–Crippen MR) is 82.6 cm³/mol. The van der Waals surface area contributed by atoms with Gasteiger partial charge in [0.05, 0.1) is 12.2 Å². The summed E-state index contributed by atoms with van der Waals surface area (Å²) in [7, 11) is 0. The molecule has 1 fully saturated rings. The number of hydrogen-bond donors (Lipinski definition) is 1. The molecular weight excluding hydrogens is 264 g/mol. The molecule has 21 heavy (non-hydrogen) atoms. The van der Waals surface area contributed by atoms with Crippen LogP contribution in [0, 0.1) is 24.2 Å². The zero-order valence-corrected chi connectivity index (χ0v) is 12.7. The third-order valence-electron chi connectivity index (χ3n) is 3.48. The van der Waals surface area contributed by atoms with Gasteiger partial charge in [-0.2, -0.15) is 0 Å². The van der Waals surface area contributed by atoms with Gasteiger partial charge in [-0.15, -0.1) is 0 Å². The first-order chi connectivity index (χ1) is 9.84. The Bertz CT molecular complexity index is 630. The van der Waals surface area contributed by atoms with Gasteiger partial charge in [-0.05, 0) is 30.0 Å². The van der Waals surface area contributed by atoms with Crippen molar-refractivity contribution in [2.75, 3.05) is 11.4 Å². The molecule has 0 unspecified atom stereocenters. The highest BCUT2D eigenvalue weighted by Gasteiger charge is 2.38. The summed E-state index contributed by atoms with van der Waals surface area (Å²) < 4.78 is 0. The molecule has 0 spiro atoms. The monoisotopic (exact) mass is 284 g/mol. The van der Waals surface area contributed by atoms with Crippen molar-refractivity contribution < 1.29 is 9.59 Å². The van der Waals surface area contributed by atoms with E-state index in [-0.39, 0.29) is 23.8 Å². The molecule has 2 amide bonds. The second-order valence-electron chi connectivity index (χ2n) is 6.17. The standard InChI is InChI=1S/C17H20N2O2/c1-12-6-7-13(5-4-8-18)14(9-12)19-15(20)10-17(2,3)11-16(19)21/h6-7,9H,8,10-11,18H2,1-3H3. The van der Waals surface area contributed by atoms with Gasteiger partial charge in [0.2, 0.25) is 11.8 Å². The average Bonchev–Trinajstić information content (AvgIpc) is 2.35. The molecule has 1 heterocycles. The van der Waals surface area contributed by atoms with Crippen molar-refractivity contribution in [3.8, 4) is 11.8 Å². The summed E-state index contributed by atoms with van der Waals surface area (Å²) in [5.41, 5.74) is 7.33. The third kappa shape index (κ3) is 3.32. The van der Waals surface area contributed by atoms with Gasteiger partial charge in [0.15, 0.2) is 0 Å². The van der Waals surface area contributed by atoms with Crippen LogP contribution in [0.5, 0.6) is 0 Å². The van der Waals surface area contributed by atoms with E-state index >= 15 is 0 Å². The summed E-state index contributed by atoms with van der Waals surface area (Å²) in [6, 6.07) is 5.56. The van der Waals surface area contributed by atoms with Crippen molar-refractivity contribution in [2.24, 2.45) is 11.1 Å². The second kappa shape index (κ2) is 5.71. The van der Waals surface area contributed by atoms with Crippen LogP contribution in [0.3, 0.4) is 0 Å². The summed E-state index contributed by atoms with van der Waals surface area (Å²) in [6.45, 7) is 6.03. The SMILES string of the molecule is Cc1ccc(C#CCN)c(N2C(=O)CC(C)(C)CC2=O)c1. The van der Waals surface area contributed by atoms with Gasteiger partial charge < -0.3 is 5.73 Å². The third-order valence-corrected chi connectivity index (χ3v) is 3.48. The fourth-order valence-electron chi connectivity index (χ4n) is 2.53. The number of carbonyl (C=O) groups excluding carboxylic acids is 2. The molecule has 4 nitrogen and oxygen atoms in total. The molecule has 1 saturated heterocycles. The number of aryl methyl sites for hydroxylation is 1. The highest BCUT2D eigenvalue weighted by molar-refractivity contribution is 6.17. The van der Waals surface area contributed by atoms with Gasteiger partial charge in [-0.3, -0.25) is 9.59 Å². The molecule has 110 valence electrons. The maximum absolute atomic E-state index is 12.4. The molecule has 0 atom stereocenters. The van der Waals surface area contributed by atoms with Crippen LogP contribution in [0.4, 0.5) is 5.69 Å². The van der Waals surface area contributed by atoms with E-state index in [1.165, 1.54) is 4.90 Å². The van der Waals surface area contributed by atoms with Crippen LogP contribution in [0.15, 0.2) is 18.2 Å². The van der Waals surface area contributed by atoms with Crippen LogP contribution in [0.1, 0.15) is 37.8 Å². The molecule has 1 aromatic carbocycles. The molecule has 0 bridgehead atoms. The van der Waals surface area contributed by atoms with Gasteiger partial charge in [-0.25, -0.2) is 4.90 Å². The minimum Gasteiger partial charge on any atom is -0.320 e. The van der Waals surface area contributed by atoms with Crippen molar-refractivity contribution in [3.05, 3.63) is 29.3 Å². The number of nitrogens with two attached hydrogens (primary N) is 1. The minimum atomic E-state index is -0.280. The molecule has 0 aliphatic carbocycles. The molecule has 2 N–H and O–H groups in total. The predicted octanol–water partition coefficient (Wildman–Crippen LogP) is 1.98. The van der Waals surface area contributed by atoms with Crippen molar-refractivity contribution in [3.63, 3.8) is 0 Å². The number of benzene rings is 1. The lowest BCUT2D eigenvalue weighted by Crippen LogP contribution is -2.46. The number of rotatable bonds is 1. The van der Waals surface area contributed by atoms with E-state index in [0.29, 0.717) is 24.1 Å². The number of imide groups is 1. The van der Waals surface area contributed by atoms with Crippen molar-refractivity contribution in [1.82, 2.24) is 0 Å². The number of amides is 2. The van der Waals surface area contributed by atoms with Crippen LogP contribution in [-0.4, -0.2) is 18.4 Å². The van der Waals surface area contributed by atoms with E-state index in [9.17, 15) is 9.59 Å². The van der Waals surface area contributed by atoms with Crippen LogP contribution in [-0.2, 0) is 9.59 Å². The zero-order valence-electron chi connectivity index (χ0n) is 12.7. The molecule has 4 heteroatoms. The summed E-state index contributed by atoms with van der Waals surface area (Å²) in [5, 5.41) is 0. The van der Waals surface area contributed by atoms with Crippen molar-refractivity contribution >= 4 is 17.5 Å². The van der Waals surface area contributed by atoms with E-state index in [4.69, 9.17) is 5.73 Å². The quantitative estimate of drug-likeness (QED) is 0.633. The highest BCUT2D eigenvalue weighted by Crippen LogP contribution is 2.35. The Morgan fingerprint density at radius 3 is 2.43 bits per heavy atom. The van der Waals surface area contributed by atoms with E-state index < -0.39 is 0 Å². The number of anilines is 1. The van der Waals surface area contributed by atoms with Crippen molar-refractivity contribution in [2.45, 2.75) is 33.6 Å². The lowest BCUT2D eigenvalue weighted by Gasteiger charge is -2.35. The maximum Gasteiger partial charge on any atom is 0.234 e. The van der Waals surface area contributed by atoms with Gasteiger partial charge in [0.1, 0.15) is 0 Å². The van der Waals surface area contributed by atoms with Gasteiger partial charge in [-0.1, -0.05) is 31.8 Å². The first-order valence-corrected chi connectivity index (χ1v) is 6.99. The molecule has 1 aliphatic rings. The zero-order chi connectivity index (χ0) is 15.6. The summed E-state index contributed by atoms with van der Waals surface area (Å²) in [4.78, 5) is 26.1. The molecule has 0 saturated carbocycles. The summed E-state index contributed by atoms with van der Waals surface area (Å²) in [6.07, 6.45) is 0.715. The smallest absolute Gasteiger partial charge is 0.234 e. The van der Waals surface area contributed by atoms with Crippen LogP contribution in [0.25, 0.3) is 0 Å². The Hall–Kier alpha value is -2.12. The van der Waals surface area contributed by atoms with E-state index in [2.05, 4.69) is 11.8 Å². The Morgan fingerprint density at radius 1 is 1.24 bits per heavy atom. The van der Waals surface area contributed by atoms with E-state index in [1.54, 1.807) is 0 Å². The second-order valence-corrected chi connectivity index (χ2v) is 6.17. The van der Waals surface area contributed by atoms with E-state index in [1.807, 2.05) is 39.0 Å². The average molecular weight is 284 g/mol. The van der Waals surface area contributed by atoms with E-state index in [0.717, 1.165) is 5.56 Å². The van der Waals surface area contributed by atoms with Gasteiger partial charge >= 0.3 is 0 Å². The van der Waals surface area contributed by atoms with Crippen LogP contribution < -0.4 is 10.6 Å². The summed E-state index contributed by atoms with van der Waals surface area (Å²) in [5.74, 6) is 5.38. The Labute approximate surface area is 125 Å². The molecule has 0 radical (unpaired) electrons. The first-order valence-electron chi connectivity index (χ1n) is 6.99. The Morgan fingerprint density at radius 2 is 1.86 bits per heavy atom. The number of nitrogens with zero attached hydrogens (tertiary/aromatic N) is 1. The molecule has 2 rings (SSSR count). The molecule has 1 aromatic rings. The van der Waals surface area contributed by atoms with Crippen molar-refractivity contribution in [1.29, 1.82) is 0 Å². The Kier molecular flexibility index (Phi) is 4.15. The van der Waals surface area contributed by atoms with Gasteiger partial charge in [0.25, 0.3) is 0 Å². The summed E-state index contributed by atoms with van der Waals surface area (Å²) >= 11 is 0. The first kappa shape index (κ1) is 15.3. The largest absolute Gasteiger partial charge is 0.320 e. The maximum atomic E-state index is 12.4. The lowest BCUT2D eigenvalue weighted by atomic mass is 9.81. The molecule has 0 aromatic heterocycles.